The molecule has 1 aromatic carbocycles. The summed E-state index contributed by atoms with van der Waals surface area (Å²) in [5, 5.41) is 15.1. The molecule has 140 valence electrons. The Labute approximate surface area is 156 Å². The van der Waals surface area contributed by atoms with Crippen molar-refractivity contribution in [1.29, 1.82) is 0 Å². The third-order valence-electron chi connectivity index (χ3n) is 4.46. The molecule has 3 rings (SSSR count). The number of fused-ring (bicyclic) bond motifs is 1. The van der Waals surface area contributed by atoms with Crippen molar-refractivity contribution in [2.75, 3.05) is 27.3 Å². The van der Waals surface area contributed by atoms with E-state index in [0.29, 0.717) is 22.3 Å². The number of rotatable bonds is 7. The van der Waals surface area contributed by atoms with Crippen LogP contribution in [0.2, 0.25) is 0 Å². The molecule has 0 saturated carbocycles. The van der Waals surface area contributed by atoms with Crippen LogP contribution in [0.5, 0.6) is 17.4 Å². The second-order valence-corrected chi connectivity index (χ2v) is 6.86. The van der Waals surface area contributed by atoms with E-state index in [-0.39, 0.29) is 11.9 Å². The van der Waals surface area contributed by atoms with Crippen molar-refractivity contribution < 1.29 is 14.6 Å². The smallest absolute Gasteiger partial charge is 0.230 e. The van der Waals surface area contributed by atoms with Gasteiger partial charge in [-0.25, -0.2) is 4.98 Å². The summed E-state index contributed by atoms with van der Waals surface area (Å²) >= 11 is 1.44. The first-order chi connectivity index (χ1) is 12.5. The Hall–Kier alpha value is -2.32. The summed E-state index contributed by atoms with van der Waals surface area (Å²) in [6.45, 7) is 7.63. The molecule has 0 aliphatic carbocycles. The Bertz CT molecular complexity index is 901. The highest BCUT2D eigenvalue weighted by atomic mass is 32.1. The first kappa shape index (κ1) is 18.5. The van der Waals surface area contributed by atoms with E-state index in [2.05, 4.69) is 28.8 Å². The predicted molar refractivity (Wildman–Crippen MR) is 102 cm³/mol. The fraction of sp³-hybridized carbons (Fsp3) is 0.444. The minimum Gasteiger partial charge on any atom is -0.493 e. The molecule has 8 heteroatoms. The molecular weight excluding hydrogens is 352 g/mol. The topological polar surface area (TPSA) is 72.1 Å². The fourth-order valence-corrected chi connectivity index (χ4v) is 4.40. The standard InChI is InChI=1S/C18H24N4O3S/c1-6-21(7-2)14(12-9-8-10-13(24-4)15(12)25-5)16-17(23)22-18(26-16)19-11(3)20-22/h8-10,14,23H,6-7H2,1-5H3. The van der Waals surface area contributed by atoms with Gasteiger partial charge in [-0.2, -0.15) is 4.52 Å². The second kappa shape index (κ2) is 7.51. The van der Waals surface area contributed by atoms with Crippen molar-refractivity contribution in [1.82, 2.24) is 19.5 Å². The van der Waals surface area contributed by atoms with Crippen LogP contribution in [-0.4, -0.2) is 51.9 Å². The number of hydrogen-bond acceptors (Lipinski definition) is 7. The molecule has 1 atom stereocenters. The maximum absolute atomic E-state index is 10.8. The summed E-state index contributed by atoms with van der Waals surface area (Å²) in [6, 6.07) is 5.62. The van der Waals surface area contributed by atoms with E-state index < -0.39 is 0 Å². The molecule has 7 nitrogen and oxygen atoms in total. The van der Waals surface area contributed by atoms with Gasteiger partial charge in [0.25, 0.3) is 0 Å². The molecule has 0 radical (unpaired) electrons. The molecule has 0 amide bonds. The molecule has 3 aromatic rings. The zero-order chi connectivity index (χ0) is 18.8. The summed E-state index contributed by atoms with van der Waals surface area (Å²) in [7, 11) is 3.25. The van der Waals surface area contributed by atoms with E-state index in [0.717, 1.165) is 23.5 Å². The minimum atomic E-state index is -0.191. The van der Waals surface area contributed by atoms with Crippen molar-refractivity contribution in [2.45, 2.75) is 26.8 Å². The van der Waals surface area contributed by atoms with Crippen LogP contribution in [-0.2, 0) is 0 Å². The van der Waals surface area contributed by atoms with Crippen molar-refractivity contribution in [2.24, 2.45) is 0 Å². The number of aryl methyl sites for hydroxylation is 1. The number of hydrogen-bond donors (Lipinski definition) is 1. The summed E-state index contributed by atoms with van der Waals surface area (Å²) in [5.41, 5.74) is 0.937. The number of para-hydroxylation sites is 1. The van der Waals surface area contributed by atoms with Crippen LogP contribution >= 0.6 is 11.3 Å². The summed E-state index contributed by atoms with van der Waals surface area (Å²) in [4.78, 5) is 8.12. The number of thiazole rings is 1. The molecule has 2 heterocycles. The van der Waals surface area contributed by atoms with Crippen LogP contribution < -0.4 is 9.47 Å². The highest BCUT2D eigenvalue weighted by Crippen LogP contribution is 2.45. The van der Waals surface area contributed by atoms with Gasteiger partial charge in [-0.1, -0.05) is 37.3 Å². The molecule has 0 bridgehead atoms. The molecule has 0 spiro atoms. The Kier molecular flexibility index (Phi) is 5.33. The lowest BCUT2D eigenvalue weighted by Crippen LogP contribution is -2.29. The Morgan fingerprint density at radius 3 is 2.54 bits per heavy atom. The Morgan fingerprint density at radius 1 is 1.23 bits per heavy atom. The van der Waals surface area contributed by atoms with Gasteiger partial charge in [-0.3, -0.25) is 4.90 Å². The van der Waals surface area contributed by atoms with Crippen molar-refractivity contribution in [3.05, 3.63) is 34.5 Å². The number of ether oxygens (including phenoxy) is 2. The summed E-state index contributed by atoms with van der Waals surface area (Å²) < 4.78 is 12.6. The van der Waals surface area contributed by atoms with E-state index in [1.54, 1.807) is 14.2 Å². The van der Waals surface area contributed by atoms with E-state index >= 15 is 0 Å². The molecule has 0 aliphatic heterocycles. The third kappa shape index (κ3) is 2.99. The van der Waals surface area contributed by atoms with Gasteiger partial charge in [0.05, 0.1) is 25.1 Å². The van der Waals surface area contributed by atoms with Gasteiger partial charge in [0, 0.05) is 5.56 Å². The van der Waals surface area contributed by atoms with E-state index in [4.69, 9.17) is 9.47 Å². The molecule has 1 unspecified atom stereocenters. The monoisotopic (exact) mass is 376 g/mol. The molecule has 0 saturated heterocycles. The molecule has 0 fully saturated rings. The maximum Gasteiger partial charge on any atom is 0.230 e. The van der Waals surface area contributed by atoms with Gasteiger partial charge < -0.3 is 14.6 Å². The summed E-state index contributed by atoms with van der Waals surface area (Å²) in [6.07, 6.45) is 0. The highest BCUT2D eigenvalue weighted by Gasteiger charge is 2.31. The van der Waals surface area contributed by atoms with Crippen molar-refractivity contribution >= 4 is 16.3 Å². The predicted octanol–water partition coefficient (Wildman–Crippen LogP) is 3.25. The van der Waals surface area contributed by atoms with Crippen LogP contribution in [0.1, 0.15) is 36.2 Å². The highest BCUT2D eigenvalue weighted by molar-refractivity contribution is 7.17. The Morgan fingerprint density at radius 2 is 1.96 bits per heavy atom. The van der Waals surface area contributed by atoms with E-state index in [1.165, 1.54) is 15.9 Å². The average molecular weight is 376 g/mol. The van der Waals surface area contributed by atoms with Crippen molar-refractivity contribution in [3.63, 3.8) is 0 Å². The molecule has 1 N–H and O–H groups in total. The molecule has 2 aromatic heterocycles. The number of methoxy groups -OCH3 is 2. The number of benzene rings is 1. The number of nitrogens with zero attached hydrogens (tertiary/aromatic N) is 4. The van der Waals surface area contributed by atoms with Gasteiger partial charge in [-0.05, 0) is 26.1 Å². The molecule has 26 heavy (non-hydrogen) atoms. The van der Waals surface area contributed by atoms with Crippen molar-refractivity contribution in [3.8, 4) is 17.4 Å². The SMILES string of the molecule is CCN(CC)C(c1cccc(OC)c1OC)c1sc2nc(C)nn2c1O. The lowest BCUT2D eigenvalue weighted by molar-refractivity contribution is 0.241. The average Bonchev–Trinajstić information content (AvgIpc) is 3.16. The second-order valence-electron chi connectivity index (χ2n) is 5.85. The van der Waals surface area contributed by atoms with Crippen LogP contribution in [0.15, 0.2) is 18.2 Å². The van der Waals surface area contributed by atoms with E-state index in [1.807, 2.05) is 25.1 Å². The largest absolute Gasteiger partial charge is 0.493 e. The lowest BCUT2D eigenvalue weighted by atomic mass is 10.0. The first-order valence-electron chi connectivity index (χ1n) is 8.55. The first-order valence-corrected chi connectivity index (χ1v) is 9.37. The van der Waals surface area contributed by atoms with Crippen LogP contribution in [0, 0.1) is 6.92 Å². The van der Waals surface area contributed by atoms with E-state index in [9.17, 15) is 5.11 Å². The van der Waals surface area contributed by atoms with Gasteiger partial charge in [0.2, 0.25) is 10.8 Å². The number of aromatic nitrogens is 3. The zero-order valence-electron chi connectivity index (χ0n) is 15.7. The molecular formula is C18H24N4O3S. The number of aromatic hydroxyl groups is 1. The van der Waals surface area contributed by atoms with Gasteiger partial charge >= 0.3 is 0 Å². The Balaban J connectivity index is 2.23. The summed E-state index contributed by atoms with van der Waals surface area (Å²) in [5.74, 6) is 2.09. The molecule has 0 aliphatic rings. The minimum absolute atomic E-state index is 0.118. The van der Waals surface area contributed by atoms with Crippen LogP contribution in [0.25, 0.3) is 4.96 Å². The van der Waals surface area contributed by atoms with Gasteiger partial charge in [-0.15, -0.1) is 5.10 Å². The third-order valence-corrected chi connectivity index (χ3v) is 5.53. The zero-order valence-corrected chi connectivity index (χ0v) is 16.5. The quantitative estimate of drug-likeness (QED) is 0.682. The normalized spacial score (nSPS) is 12.7. The fourth-order valence-electron chi connectivity index (χ4n) is 3.25. The maximum atomic E-state index is 10.8. The van der Waals surface area contributed by atoms with Gasteiger partial charge in [0.15, 0.2) is 11.5 Å². The lowest BCUT2D eigenvalue weighted by Gasteiger charge is -2.30. The van der Waals surface area contributed by atoms with Gasteiger partial charge in [0.1, 0.15) is 5.82 Å². The van der Waals surface area contributed by atoms with Crippen LogP contribution in [0.3, 0.4) is 0 Å². The van der Waals surface area contributed by atoms with Crippen LogP contribution in [0.4, 0.5) is 0 Å².